The van der Waals surface area contributed by atoms with Gasteiger partial charge in [-0.1, -0.05) is 0 Å². The lowest BCUT2D eigenvalue weighted by Gasteiger charge is -2.42. The van der Waals surface area contributed by atoms with E-state index in [0.717, 1.165) is 0 Å². The van der Waals surface area contributed by atoms with Gasteiger partial charge in [-0.25, -0.2) is 0 Å². The Morgan fingerprint density at radius 1 is 1.33 bits per heavy atom. The highest BCUT2D eigenvalue weighted by Gasteiger charge is 2.48. The second kappa shape index (κ2) is 9.11. The van der Waals surface area contributed by atoms with Gasteiger partial charge in [-0.3, -0.25) is 15.1 Å². The van der Waals surface area contributed by atoms with Gasteiger partial charge in [-0.2, -0.15) is 0 Å². The van der Waals surface area contributed by atoms with Crippen molar-refractivity contribution in [1.29, 1.82) is 0 Å². The summed E-state index contributed by atoms with van der Waals surface area (Å²) in [6.07, 6.45) is -3.35. The molecule has 0 aromatic carbocycles. The molecule has 10 N–H and O–H groups in total. The monoisotopic (exact) mass is 350 g/mol. The molecule has 0 saturated carbocycles. The number of carboxylic acid groups (broad SMARTS) is 1. The zero-order chi connectivity index (χ0) is 18.3. The number of guanidine groups is 1. The van der Waals surface area contributed by atoms with Crippen LogP contribution in [0.2, 0.25) is 0 Å². The maximum Gasteiger partial charge on any atom is 0.320 e. The first kappa shape index (κ1) is 20.5. The number of carbonyl (C=O) groups is 1. The highest BCUT2D eigenvalue weighted by atomic mass is 16.6. The maximum absolute atomic E-state index is 11.2. The number of hydrogen-bond donors (Lipinski definition) is 8. The molecule has 5 atom stereocenters. The van der Waals surface area contributed by atoms with E-state index in [4.69, 9.17) is 16.2 Å². The Hall–Kier alpha value is -1.50. The summed E-state index contributed by atoms with van der Waals surface area (Å²) in [5.74, 6) is -3.36. The molecule has 11 heteroatoms. The standard InChI is InChI=1S/C13H26N4O7/c14-12(15)16-4-2-1-3-7(11(21)22)17-6-13(23)10(20)9(19)8(18)5-24-13/h7-10,17-20,23H,1-6H2,(H,21,22)(H4,14,15,16)/t7?,8-,9-,10+,13+/m1/s1. The summed E-state index contributed by atoms with van der Waals surface area (Å²) in [4.78, 5) is 15.0. The number of nitrogens with two attached hydrogens (primary N) is 2. The average Bonchev–Trinajstić information content (AvgIpc) is 2.51. The number of carboxylic acids is 1. The lowest BCUT2D eigenvalue weighted by molar-refractivity contribution is -0.318. The quantitative estimate of drug-likeness (QED) is 0.116. The minimum atomic E-state index is -2.19. The van der Waals surface area contributed by atoms with Crippen molar-refractivity contribution in [2.75, 3.05) is 19.7 Å². The van der Waals surface area contributed by atoms with Crippen LogP contribution < -0.4 is 16.8 Å². The number of rotatable bonds is 9. The number of aliphatic imine (C=N–C) groups is 1. The molecule has 24 heavy (non-hydrogen) atoms. The second-order valence-electron chi connectivity index (χ2n) is 5.73. The summed E-state index contributed by atoms with van der Waals surface area (Å²) in [6.45, 7) is -0.431. The van der Waals surface area contributed by atoms with E-state index >= 15 is 0 Å². The van der Waals surface area contributed by atoms with Gasteiger partial charge in [0.05, 0.1) is 13.2 Å². The predicted molar refractivity (Wildman–Crippen MR) is 82.9 cm³/mol. The smallest absolute Gasteiger partial charge is 0.320 e. The first-order valence-electron chi connectivity index (χ1n) is 7.59. The van der Waals surface area contributed by atoms with Crippen LogP contribution in [0.3, 0.4) is 0 Å². The molecule has 0 aromatic rings. The number of aliphatic hydroxyl groups excluding tert-OH is 3. The van der Waals surface area contributed by atoms with E-state index in [2.05, 4.69) is 10.3 Å². The molecule has 1 saturated heterocycles. The Morgan fingerprint density at radius 2 is 2.00 bits per heavy atom. The van der Waals surface area contributed by atoms with Crippen LogP contribution in [-0.4, -0.2) is 87.3 Å². The van der Waals surface area contributed by atoms with Crippen LogP contribution in [0.1, 0.15) is 19.3 Å². The van der Waals surface area contributed by atoms with E-state index < -0.39 is 42.7 Å². The summed E-state index contributed by atoms with van der Waals surface area (Å²) in [5.41, 5.74) is 10.4. The number of aliphatic carboxylic acids is 1. The molecule has 1 aliphatic rings. The number of nitrogens with one attached hydrogen (secondary N) is 1. The number of aliphatic hydroxyl groups is 4. The minimum absolute atomic E-state index is 0.0330. The van der Waals surface area contributed by atoms with Crippen LogP contribution in [-0.2, 0) is 9.53 Å². The SMILES string of the molecule is NC(N)=NCCCCC(NC[C@]1(O)OC[C@@H](O)[C@@H](O)[C@@H]1O)C(=O)O. The third-order valence-corrected chi connectivity index (χ3v) is 3.78. The first-order valence-corrected chi connectivity index (χ1v) is 7.59. The van der Waals surface area contributed by atoms with Crippen LogP contribution in [0, 0.1) is 0 Å². The fourth-order valence-corrected chi connectivity index (χ4v) is 2.30. The fourth-order valence-electron chi connectivity index (χ4n) is 2.30. The Labute approximate surface area is 138 Å². The molecule has 1 heterocycles. The molecule has 140 valence electrons. The molecule has 1 fully saturated rings. The molecule has 11 nitrogen and oxygen atoms in total. The van der Waals surface area contributed by atoms with Crippen LogP contribution in [0.4, 0.5) is 0 Å². The van der Waals surface area contributed by atoms with Crippen molar-refractivity contribution in [3.8, 4) is 0 Å². The van der Waals surface area contributed by atoms with Gasteiger partial charge in [-0.05, 0) is 19.3 Å². The molecule has 0 bridgehead atoms. The van der Waals surface area contributed by atoms with E-state index in [9.17, 15) is 30.3 Å². The van der Waals surface area contributed by atoms with Gasteiger partial charge in [0.1, 0.15) is 24.4 Å². The first-order chi connectivity index (χ1) is 11.2. The largest absolute Gasteiger partial charge is 0.480 e. The van der Waals surface area contributed by atoms with Crippen molar-refractivity contribution in [3.05, 3.63) is 0 Å². The van der Waals surface area contributed by atoms with Gasteiger partial charge < -0.3 is 41.7 Å². The van der Waals surface area contributed by atoms with Crippen molar-refractivity contribution >= 4 is 11.9 Å². The molecule has 0 amide bonds. The van der Waals surface area contributed by atoms with Crippen molar-refractivity contribution < 1.29 is 35.1 Å². The molecule has 1 unspecified atom stereocenters. The molecule has 0 spiro atoms. The average molecular weight is 350 g/mol. The molecule has 1 rings (SSSR count). The summed E-state index contributed by atoms with van der Waals surface area (Å²) >= 11 is 0. The summed E-state index contributed by atoms with van der Waals surface area (Å²) in [5, 5.41) is 50.7. The summed E-state index contributed by atoms with van der Waals surface area (Å²) < 4.78 is 4.95. The van der Waals surface area contributed by atoms with Gasteiger partial charge in [-0.15, -0.1) is 0 Å². The number of ether oxygens (including phenoxy) is 1. The van der Waals surface area contributed by atoms with Crippen LogP contribution >= 0.6 is 0 Å². The van der Waals surface area contributed by atoms with Crippen LogP contribution in [0.25, 0.3) is 0 Å². The Kier molecular flexibility index (Phi) is 7.79. The van der Waals surface area contributed by atoms with E-state index in [1.807, 2.05) is 0 Å². The molecule has 0 aromatic heterocycles. The van der Waals surface area contributed by atoms with Crippen molar-refractivity contribution in [1.82, 2.24) is 5.32 Å². The fraction of sp³-hybridized carbons (Fsp3) is 0.846. The minimum Gasteiger partial charge on any atom is -0.480 e. The zero-order valence-electron chi connectivity index (χ0n) is 13.2. The highest BCUT2D eigenvalue weighted by Crippen LogP contribution is 2.23. The number of nitrogens with zero attached hydrogens (tertiary/aromatic N) is 1. The van der Waals surface area contributed by atoms with Crippen LogP contribution in [0.15, 0.2) is 4.99 Å². The number of hydrogen-bond acceptors (Lipinski definition) is 8. The zero-order valence-corrected chi connectivity index (χ0v) is 13.2. The second-order valence-corrected chi connectivity index (χ2v) is 5.73. The topological polar surface area (TPSA) is 204 Å². The summed E-state index contributed by atoms with van der Waals surface area (Å²) in [6, 6.07) is -0.993. The molecular weight excluding hydrogens is 324 g/mol. The molecular formula is C13H26N4O7. The van der Waals surface area contributed by atoms with Gasteiger partial charge >= 0.3 is 5.97 Å². The van der Waals surface area contributed by atoms with Gasteiger partial charge in [0.15, 0.2) is 5.96 Å². The van der Waals surface area contributed by atoms with Gasteiger partial charge in [0.2, 0.25) is 5.79 Å². The van der Waals surface area contributed by atoms with Crippen molar-refractivity contribution in [3.63, 3.8) is 0 Å². The van der Waals surface area contributed by atoms with E-state index in [0.29, 0.717) is 19.4 Å². The molecule has 1 aliphatic heterocycles. The highest BCUT2D eigenvalue weighted by molar-refractivity contribution is 5.75. The van der Waals surface area contributed by atoms with Crippen molar-refractivity contribution in [2.45, 2.75) is 49.4 Å². The Morgan fingerprint density at radius 3 is 2.58 bits per heavy atom. The van der Waals surface area contributed by atoms with Crippen molar-refractivity contribution in [2.24, 2.45) is 16.5 Å². The maximum atomic E-state index is 11.2. The van der Waals surface area contributed by atoms with Crippen LogP contribution in [0.5, 0.6) is 0 Å². The molecule has 0 aliphatic carbocycles. The number of unbranched alkanes of at least 4 members (excludes halogenated alkanes) is 1. The van der Waals surface area contributed by atoms with Gasteiger partial charge in [0.25, 0.3) is 0 Å². The summed E-state index contributed by atoms with van der Waals surface area (Å²) in [7, 11) is 0. The lowest BCUT2D eigenvalue weighted by Crippen LogP contribution is -2.65. The van der Waals surface area contributed by atoms with E-state index in [1.165, 1.54) is 0 Å². The van der Waals surface area contributed by atoms with E-state index in [1.54, 1.807) is 0 Å². The third kappa shape index (κ3) is 5.85. The van der Waals surface area contributed by atoms with E-state index in [-0.39, 0.29) is 19.0 Å². The Bertz CT molecular complexity index is 446. The third-order valence-electron chi connectivity index (χ3n) is 3.78. The predicted octanol–water partition coefficient (Wildman–Crippen LogP) is -3.73. The van der Waals surface area contributed by atoms with Gasteiger partial charge in [0, 0.05) is 6.54 Å². The Balaban J connectivity index is 2.48. The lowest BCUT2D eigenvalue weighted by atomic mass is 9.96. The molecule has 0 radical (unpaired) electrons. The normalized spacial score (nSPS) is 31.4.